The third kappa shape index (κ3) is 1.94. The number of aromatic hydroxyl groups is 1. The van der Waals surface area contributed by atoms with E-state index in [9.17, 15) is 18.3 Å². The number of hydrogen-bond donors (Lipinski definition) is 2. The number of phenolic OH excluding ortho intramolecular Hbond substituents is 1. The van der Waals surface area contributed by atoms with E-state index in [1.54, 1.807) is 18.2 Å². The number of halogens is 4. The van der Waals surface area contributed by atoms with Crippen molar-refractivity contribution in [3.63, 3.8) is 0 Å². The van der Waals surface area contributed by atoms with Gasteiger partial charge in [-0.05, 0) is 24.3 Å². The van der Waals surface area contributed by atoms with Crippen LogP contribution >= 0.6 is 15.9 Å². The maximum absolute atomic E-state index is 13.8. The number of phenols is 1. The van der Waals surface area contributed by atoms with Crippen molar-refractivity contribution in [2.75, 3.05) is 0 Å². The summed E-state index contributed by atoms with van der Waals surface area (Å²) < 4.78 is 40.9. The molecular formula is C13H6BrF3N2O. The van der Waals surface area contributed by atoms with Crippen molar-refractivity contribution in [1.82, 2.24) is 9.97 Å². The molecule has 3 nitrogen and oxygen atoms in total. The normalized spacial score (nSPS) is 11.2. The zero-order valence-electron chi connectivity index (χ0n) is 9.72. The van der Waals surface area contributed by atoms with Crippen LogP contribution in [0.1, 0.15) is 0 Å². The molecule has 1 heterocycles. The summed E-state index contributed by atoms with van der Waals surface area (Å²) in [6.07, 6.45) is 0. The molecule has 2 aromatic carbocycles. The van der Waals surface area contributed by atoms with Crippen LogP contribution in [0.2, 0.25) is 0 Å². The van der Waals surface area contributed by atoms with E-state index in [1.807, 2.05) is 0 Å². The molecule has 0 amide bonds. The molecule has 20 heavy (non-hydrogen) atoms. The number of H-pyrrole nitrogens is 1. The lowest BCUT2D eigenvalue weighted by molar-refractivity contribution is 0.377. The number of fused-ring (bicyclic) bond motifs is 1. The van der Waals surface area contributed by atoms with Crippen LogP contribution in [0.25, 0.3) is 22.4 Å². The van der Waals surface area contributed by atoms with Gasteiger partial charge in [-0.2, -0.15) is 4.39 Å². The fraction of sp³-hybridized carbons (Fsp3) is 0. The predicted octanol–water partition coefficient (Wildman–Crippen LogP) is 4.12. The van der Waals surface area contributed by atoms with Crippen LogP contribution in [-0.4, -0.2) is 15.1 Å². The molecule has 0 saturated carbocycles. The predicted molar refractivity (Wildman–Crippen MR) is 70.8 cm³/mol. The van der Waals surface area contributed by atoms with Gasteiger partial charge in [0.15, 0.2) is 17.4 Å². The van der Waals surface area contributed by atoms with E-state index >= 15 is 0 Å². The van der Waals surface area contributed by atoms with E-state index in [2.05, 4.69) is 25.9 Å². The number of nitrogens with zero attached hydrogens (tertiary/aromatic N) is 1. The Bertz CT molecular complexity index is 832. The first-order chi connectivity index (χ1) is 9.47. The first-order valence-electron chi connectivity index (χ1n) is 5.49. The Kier molecular flexibility index (Phi) is 2.93. The van der Waals surface area contributed by atoms with Crippen molar-refractivity contribution >= 4 is 27.0 Å². The van der Waals surface area contributed by atoms with Crippen molar-refractivity contribution in [2.24, 2.45) is 0 Å². The Labute approximate surface area is 119 Å². The molecule has 0 bridgehead atoms. The molecular weight excluding hydrogens is 337 g/mol. The highest BCUT2D eigenvalue weighted by atomic mass is 79.9. The summed E-state index contributed by atoms with van der Waals surface area (Å²) in [4.78, 5) is 6.87. The van der Waals surface area contributed by atoms with Gasteiger partial charge >= 0.3 is 0 Å². The standard InChI is InChI=1S/C13H6BrF3N2O/c14-5-1-2-8-9(3-5)19-13(18-8)6-4-7(15)11(17)12(20)10(6)16/h1-4,20H,(H,18,19). The number of aromatic amines is 1. The molecule has 0 aliphatic heterocycles. The molecule has 0 aliphatic rings. The summed E-state index contributed by atoms with van der Waals surface area (Å²) in [5.41, 5.74) is 0.790. The zero-order chi connectivity index (χ0) is 14.4. The number of imidazole rings is 1. The second-order valence-electron chi connectivity index (χ2n) is 4.13. The zero-order valence-corrected chi connectivity index (χ0v) is 11.3. The quantitative estimate of drug-likeness (QED) is 0.653. The first-order valence-corrected chi connectivity index (χ1v) is 6.29. The Balaban J connectivity index is 2.25. The fourth-order valence-corrected chi connectivity index (χ4v) is 2.23. The van der Waals surface area contributed by atoms with Gasteiger partial charge in [0.25, 0.3) is 0 Å². The Morgan fingerprint density at radius 1 is 1.10 bits per heavy atom. The van der Waals surface area contributed by atoms with E-state index in [0.29, 0.717) is 17.1 Å². The molecule has 0 fully saturated rings. The third-order valence-corrected chi connectivity index (χ3v) is 3.33. The van der Waals surface area contributed by atoms with Crippen molar-refractivity contribution in [1.29, 1.82) is 0 Å². The highest BCUT2D eigenvalue weighted by molar-refractivity contribution is 9.10. The average Bonchev–Trinajstić information content (AvgIpc) is 2.83. The maximum atomic E-state index is 13.8. The number of rotatable bonds is 1. The average molecular weight is 343 g/mol. The molecule has 3 rings (SSSR count). The molecule has 0 aliphatic carbocycles. The van der Waals surface area contributed by atoms with Crippen molar-refractivity contribution in [2.45, 2.75) is 0 Å². The van der Waals surface area contributed by atoms with Gasteiger partial charge in [-0.1, -0.05) is 15.9 Å². The topological polar surface area (TPSA) is 48.9 Å². The van der Waals surface area contributed by atoms with Crippen LogP contribution in [0.4, 0.5) is 13.2 Å². The minimum Gasteiger partial charge on any atom is -0.503 e. The Morgan fingerprint density at radius 2 is 1.85 bits per heavy atom. The molecule has 0 spiro atoms. The first kappa shape index (κ1) is 13.0. The van der Waals surface area contributed by atoms with Crippen LogP contribution < -0.4 is 0 Å². The van der Waals surface area contributed by atoms with E-state index < -0.39 is 23.2 Å². The summed E-state index contributed by atoms with van der Waals surface area (Å²) >= 11 is 3.27. The van der Waals surface area contributed by atoms with Crippen molar-refractivity contribution < 1.29 is 18.3 Å². The van der Waals surface area contributed by atoms with Gasteiger partial charge in [0.2, 0.25) is 5.82 Å². The minimum absolute atomic E-state index is 0.00444. The van der Waals surface area contributed by atoms with Gasteiger partial charge in [-0.25, -0.2) is 13.8 Å². The van der Waals surface area contributed by atoms with Gasteiger partial charge in [0.1, 0.15) is 5.82 Å². The summed E-state index contributed by atoms with van der Waals surface area (Å²) in [5.74, 6) is -5.58. The molecule has 7 heteroatoms. The molecule has 0 unspecified atom stereocenters. The highest BCUT2D eigenvalue weighted by Gasteiger charge is 2.21. The van der Waals surface area contributed by atoms with E-state index in [4.69, 9.17) is 0 Å². The van der Waals surface area contributed by atoms with E-state index in [-0.39, 0.29) is 11.4 Å². The number of hydrogen-bond acceptors (Lipinski definition) is 2. The number of nitrogens with one attached hydrogen (secondary N) is 1. The molecule has 2 N–H and O–H groups in total. The minimum atomic E-state index is -1.62. The molecule has 1 aromatic heterocycles. The van der Waals surface area contributed by atoms with Crippen LogP contribution in [0.15, 0.2) is 28.7 Å². The molecule has 102 valence electrons. The largest absolute Gasteiger partial charge is 0.503 e. The second kappa shape index (κ2) is 4.52. The van der Waals surface area contributed by atoms with E-state index in [1.165, 1.54) is 0 Å². The number of benzene rings is 2. The lowest BCUT2D eigenvalue weighted by Gasteiger charge is -2.03. The van der Waals surface area contributed by atoms with Crippen molar-refractivity contribution in [3.8, 4) is 17.1 Å². The van der Waals surface area contributed by atoms with Gasteiger partial charge in [-0.3, -0.25) is 0 Å². The molecule has 0 saturated heterocycles. The van der Waals surface area contributed by atoms with E-state index in [0.717, 1.165) is 4.47 Å². The number of aromatic nitrogens is 2. The van der Waals surface area contributed by atoms with Crippen molar-refractivity contribution in [3.05, 3.63) is 46.2 Å². The molecule has 0 atom stereocenters. The van der Waals surface area contributed by atoms with Gasteiger partial charge in [0, 0.05) is 4.47 Å². The van der Waals surface area contributed by atoms with Crippen LogP contribution in [-0.2, 0) is 0 Å². The van der Waals surface area contributed by atoms with Gasteiger partial charge in [0.05, 0.1) is 16.6 Å². The Morgan fingerprint density at radius 3 is 2.60 bits per heavy atom. The summed E-state index contributed by atoms with van der Waals surface area (Å²) in [5, 5.41) is 9.21. The van der Waals surface area contributed by atoms with Crippen LogP contribution in [0, 0.1) is 17.5 Å². The third-order valence-electron chi connectivity index (χ3n) is 2.83. The fourth-order valence-electron chi connectivity index (χ4n) is 1.87. The molecule has 0 radical (unpaired) electrons. The summed E-state index contributed by atoms with van der Waals surface area (Å²) in [6, 6.07) is 5.78. The molecule has 3 aromatic rings. The van der Waals surface area contributed by atoms with Crippen LogP contribution in [0.5, 0.6) is 5.75 Å². The second-order valence-corrected chi connectivity index (χ2v) is 5.05. The smallest absolute Gasteiger partial charge is 0.203 e. The highest BCUT2D eigenvalue weighted by Crippen LogP contribution is 2.32. The summed E-state index contributed by atoms with van der Waals surface area (Å²) in [6.45, 7) is 0. The SMILES string of the molecule is Oc1c(F)c(F)cc(-c2nc3ccc(Br)cc3[nH]2)c1F. The Hall–Kier alpha value is -2.02. The van der Waals surface area contributed by atoms with Gasteiger partial charge in [-0.15, -0.1) is 0 Å². The lowest BCUT2D eigenvalue weighted by Crippen LogP contribution is -1.94. The van der Waals surface area contributed by atoms with Gasteiger partial charge < -0.3 is 10.1 Å². The van der Waals surface area contributed by atoms with Crippen LogP contribution in [0.3, 0.4) is 0 Å². The lowest BCUT2D eigenvalue weighted by atomic mass is 10.1. The monoisotopic (exact) mass is 342 g/mol. The summed E-state index contributed by atoms with van der Waals surface area (Å²) in [7, 11) is 0. The maximum Gasteiger partial charge on any atom is 0.203 e.